The normalized spacial score (nSPS) is 13.5. The largest absolute Gasteiger partial charge is 0.674 e. The standard InChI is InChI=1S/C14H28.4C4H9O.2Al/c1-11(2)7-9-13(5)14(6)10-8-12(3)4;4*1-2-3-4-5;;/h11-14H,5-10H2,1-4H3;4*2-4H2,1H3;;/q;4*-1;2*+2/t13-,14-;;;;;;/m0....../s1. The topological polar surface area (TPSA) is 36.9 Å². The number of hydrogen-bond acceptors (Lipinski definition) is 4. The molecule has 0 aromatic heterocycles. The highest BCUT2D eigenvalue weighted by Gasteiger charge is 2.37. The van der Waals surface area contributed by atoms with Gasteiger partial charge in [0, 0.05) is 26.4 Å². The van der Waals surface area contributed by atoms with Gasteiger partial charge in [0.05, 0.1) is 0 Å². The quantitative estimate of drug-likeness (QED) is 0.0765. The molecule has 0 aliphatic rings. The Morgan fingerprint density at radius 1 is 0.444 bits per heavy atom. The van der Waals surface area contributed by atoms with Gasteiger partial charge in [0.15, 0.2) is 0 Å². The first kappa shape index (κ1) is 36.9. The lowest BCUT2D eigenvalue weighted by Crippen LogP contribution is -2.34. The molecule has 0 rings (SSSR count). The molecule has 0 heterocycles. The Morgan fingerprint density at radius 3 is 0.944 bits per heavy atom. The van der Waals surface area contributed by atoms with E-state index in [2.05, 4.69) is 55.4 Å². The second kappa shape index (κ2) is 26.1. The van der Waals surface area contributed by atoms with Crippen molar-refractivity contribution in [2.75, 3.05) is 26.4 Å². The van der Waals surface area contributed by atoms with E-state index in [0.29, 0.717) is 11.8 Å². The van der Waals surface area contributed by atoms with Gasteiger partial charge in [-0.05, 0) is 59.9 Å². The van der Waals surface area contributed by atoms with Crippen LogP contribution >= 0.6 is 0 Å². The highest BCUT2D eigenvalue weighted by molar-refractivity contribution is 6.45. The fourth-order valence-electron chi connectivity index (χ4n) is 4.49. The van der Waals surface area contributed by atoms with Crippen molar-refractivity contribution in [3.8, 4) is 0 Å². The van der Waals surface area contributed by atoms with Gasteiger partial charge in [-0.3, -0.25) is 0 Å². The van der Waals surface area contributed by atoms with Crippen molar-refractivity contribution in [3.05, 3.63) is 0 Å². The Hall–Kier alpha value is 0.905. The van der Waals surface area contributed by atoms with Crippen LogP contribution in [0.4, 0.5) is 0 Å². The van der Waals surface area contributed by atoms with E-state index in [1.54, 1.807) is 0 Å². The maximum Gasteiger partial charge on any atom is 0.674 e. The lowest BCUT2D eigenvalue weighted by Gasteiger charge is -2.31. The molecule has 0 aromatic carbocycles. The minimum atomic E-state index is -1.69. The monoisotopic (exact) mass is 542 g/mol. The van der Waals surface area contributed by atoms with Crippen LogP contribution in [-0.4, -0.2) is 56.1 Å². The smallest absolute Gasteiger partial charge is 0.478 e. The zero-order valence-electron chi connectivity index (χ0n) is 25.8. The first-order valence-corrected chi connectivity index (χ1v) is 19.4. The Bertz CT molecular complexity index is 391. The molecule has 0 aliphatic carbocycles. The predicted molar refractivity (Wildman–Crippen MR) is 160 cm³/mol. The minimum Gasteiger partial charge on any atom is -0.478 e. The fourth-order valence-corrected chi connectivity index (χ4v) is 9.17. The molecule has 2 atom stereocenters. The Balaban J connectivity index is 5.65. The van der Waals surface area contributed by atoms with Gasteiger partial charge in [-0.15, -0.1) is 0 Å². The summed E-state index contributed by atoms with van der Waals surface area (Å²) in [6, 6.07) is 0. The van der Waals surface area contributed by atoms with Gasteiger partial charge in [-0.25, -0.2) is 0 Å². The third kappa shape index (κ3) is 21.8. The molecule has 0 aromatic rings. The molecule has 36 heavy (non-hydrogen) atoms. The van der Waals surface area contributed by atoms with Crippen LogP contribution in [0.2, 0.25) is 10.6 Å². The van der Waals surface area contributed by atoms with Crippen molar-refractivity contribution in [2.45, 2.75) is 143 Å². The van der Waals surface area contributed by atoms with Gasteiger partial charge in [-0.1, -0.05) is 107 Å². The van der Waals surface area contributed by atoms with Crippen LogP contribution in [0.1, 0.15) is 132 Å². The average Bonchev–Trinajstić information content (AvgIpc) is 2.84. The highest BCUT2D eigenvalue weighted by atomic mass is 27.2. The highest BCUT2D eigenvalue weighted by Crippen LogP contribution is 2.34. The van der Waals surface area contributed by atoms with E-state index in [4.69, 9.17) is 15.2 Å². The average molecular weight is 543 g/mol. The summed E-state index contributed by atoms with van der Waals surface area (Å²) < 4.78 is 25.9. The molecule has 0 unspecified atom stereocenters. The molecule has 0 amide bonds. The van der Waals surface area contributed by atoms with Crippen molar-refractivity contribution < 1.29 is 15.2 Å². The second-order valence-electron chi connectivity index (χ2n) is 11.7. The minimum absolute atomic E-state index is 0.658. The molecule has 0 saturated heterocycles. The molecular weight excluding hydrogens is 478 g/mol. The maximum absolute atomic E-state index is 6.47. The molecule has 6 heteroatoms. The van der Waals surface area contributed by atoms with Crippen molar-refractivity contribution in [3.63, 3.8) is 0 Å². The van der Waals surface area contributed by atoms with Crippen LogP contribution in [0.15, 0.2) is 0 Å². The molecule has 0 aliphatic heterocycles. The van der Waals surface area contributed by atoms with Gasteiger partial charge >= 0.3 is 29.6 Å². The van der Waals surface area contributed by atoms with Gasteiger partial charge in [0.2, 0.25) is 0 Å². The van der Waals surface area contributed by atoms with Crippen LogP contribution in [0.3, 0.4) is 0 Å². The van der Waals surface area contributed by atoms with Crippen LogP contribution < -0.4 is 0 Å². The lowest BCUT2D eigenvalue weighted by atomic mass is 9.84. The Labute approximate surface area is 237 Å². The Morgan fingerprint density at radius 2 is 0.722 bits per heavy atom. The van der Waals surface area contributed by atoms with Crippen molar-refractivity contribution >= 4 is 29.6 Å². The summed E-state index contributed by atoms with van der Waals surface area (Å²) in [7, 11) is 0. The summed E-state index contributed by atoms with van der Waals surface area (Å²) in [5.41, 5.74) is 0. The molecule has 0 fully saturated rings. The van der Waals surface area contributed by atoms with Crippen LogP contribution in [0.5, 0.6) is 0 Å². The SMILES string of the molecule is CCCC[O][Al]([CH2][C@@H](CCC(C)C)[C@H](CCC(C)C)[CH2][Al]([O]CCCC)[O]CCCC)[O]CCCC. The third-order valence-corrected chi connectivity index (χ3v) is 11.5. The molecule has 0 radical (unpaired) electrons. The first-order valence-electron chi connectivity index (χ1n) is 15.8. The summed E-state index contributed by atoms with van der Waals surface area (Å²) in [5, 5.41) is 2.29. The lowest BCUT2D eigenvalue weighted by molar-refractivity contribution is 0.166. The number of hydrogen-bond donors (Lipinski definition) is 0. The van der Waals surface area contributed by atoms with Crippen LogP contribution in [0.25, 0.3) is 0 Å². The maximum atomic E-state index is 6.47. The molecule has 214 valence electrons. The van der Waals surface area contributed by atoms with Crippen molar-refractivity contribution in [1.29, 1.82) is 0 Å². The summed E-state index contributed by atoms with van der Waals surface area (Å²) >= 11 is -3.38. The van der Waals surface area contributed by atoms with E-state index in [0.717, 1.165) is 74.5 Å². The second-order valence-corrected chi connectivity index (χ2v) is 15.7. The number of unbranched alkanes of at least 4 members (excludes halogenated alkanes) is 4. The van der Waals surface area contributed by atoms with Gasteiger partial charge in [0.25, 0.3) is 0 Å². The molecular formula is C30H64Al2O4. The van der Waals surface area contributed by atoms with Crippen LogP contribution in [-0.2, 0) is 15.2 Å². The zero-order chi connectivity index (χ0) is 27.0. The molecule has 0 saturated carbocycles. The zero-order valence-corrected chi connectivity index (χ0v) is 28.1. The van der Waals surface area contributed by atoms with Gasteiger partial charge in [0.1, 0.15) is 0 Å². The summed E-state index contributed by atoms with van der Waals surface area (Å²) in [4.78, 5) is 0. The number of rotatable bonds is 27. The summed E-state index contributed by atoms with van der Waals surface area (Å²) in [6.07, 6.45) is 14.4. The van der Waals surface area contributed by atoms with E-state index < -0.39 is 29.6 Å². The van der Waals surface area contributed by atoms with Crippen molar-refractivity contribution in [2.24, 2.45) is 23.7 Å². The van der Waals surface area contributed by atoms with Crippen molar-refractivity contribution in [1.82, 2.24) is 0 Å². The summed E-state index contributed by atoms with van der Waals surface area (Å²) in [6.45, 7) is 21.9. The molecule has 0 bridgehead atoms. The van der Waals surface area contributed by atoms with E-state index in [-0.39, 0.29) is 0 Å². The Kier molecular flexibility index (Phi) is 26.8. The predicted octanol–water partition coefficient (Wildman–Crippen LogP) is 9.33. The molecule has 0 spiro atoms. The van der Waals surface area contributed by atoms with Gasteiger partial charge < -0.3 is 15.2 Å². The fraction of sp³-hybridized carbons (Fsp3) is 1.00. The van der Waals surface area contributed by atoms with E-state index in [1.165, 1.54) is 51.4 Å². The van der Waals surface area contributed by atoms with E-state index in [9.17, 15) is 0 Å². The first-order chi connectivity index (χ1) is 17.4. The third-order valence-electron chi connectivity index (χ3n) is 7.09. The van der Waals surface area contributed by atoms with Gasteiger partial charge in [-0.2, -0.15) is 0 Å². The van der Waals surface area contributed by atoms with E-state index >= 15 is 0 Å². The molecule has 0 N–H and O–H groups in total. The molecule has 4 nitrogen and oxygen atoms in total. The van der Waals surface area contributed by atoms with E-state index in [1.807, 2.05) is 0 Å². The summed E-state index contributed by atoms with van der Waals surface area (Å²) in [5.74, 6) is 2.78. The van der Waals surface area contributed by atoms with Crippen LogP contribution in [0, 0.1) is 23.7 Å².